The summed E-state index contributed by atoms with van der Waals surface area (Å²) in [5.41, 5.74) is 0.859. The normalized spacial score (nSPS) is 29.2. The van der Waals surface area contributed by atoms with Gasteiger partial charge in [0.25, 0.3) is 0 Å². The molecule has 2 nitrogen and oxygen atoms in total. The third-order valence-electron chi connectivity index (χ3n) is 4.60. The molecule has 2 saturated heterocycles. The van der Waals surface area contributed by atoms with Gasteiger partial charge >= 0.3 is 0 Å². The molecule has 3 atom stereocenters. The number of benzene rings is 1. The summed E-state index contributed by atoms with van der Waals surface area (Å²) in [6.07, 6.45) is 2.52. The lowest BCUT2D eigenvalue weighted by Crippen LogP contribution is -2.40. The maximum absolute atomic E-state index is 13.3. The molecule has 19 heavy (non-hydrogen) atoms. The highest BCUT2D eigenvalue weighted by molar-refractivity contribution is 5.21. The summed E-state index contributed by atoms with van der Waals surface area (Å²) in [4.78, 5) is 2.38. The zero-order chi connectivity index (χ0) is 13.4. The monoisotopic (exact) mass is 266 g/mol. The number of nitrogens with zero attached hydrogens (tertiary/aromatic N) is 1. The molecule has 0 spiro atoms. The van der Waals surface area contributed by atoms with E-state index in [4.69, 9.17) is 0 Å². The Hall–Kier alpha value is -1.00. The average molecular weight is 266 g/mol. The van der Waals surface area contributed by atoms with Crippen LogP contribution in [-0.2, 0) is 0 Å². The maximum atomic E-state index is 13.3. The summed E-state index contributed by atoms with van der Waals surface area (Å²) in [6.45, 7) is 5.24. The van der Waals surface area contributed by atoms with Gasteiger partial charge in [-0.05, 0) is 49.9 Å². The second-order valence-corrected chi connectivity index (χ2v) is 5.77. The van der Waals surface area contributed by atoms with E-state index in [1.807, 2.05) is 0 Å². The van der Waals surface area contributed by atoms with E-state index in [-0.39, 0.29) is 6.04 Å². The minimum Gasteiger partial charge on any atom is -0.312 e. The van der Waals surface area contributed by atoms with Crippen molar-refractivity contribution in [1.82, 2.24) is 10.2 Å². The molecule has 1 aromatic rings. The number of fused-ring (bicyclic) bond motifs is 1. The van der Waals surface area contributed by atoms with E-state index >= 15 is 0 Å². The van der Waals surface area contributed by atoms with E-state index in [1.165, 1.54) is 25.0 Å². The lowest BCUT2D eigenvalue weighted by molar-refractivity contribution is 0.250. The second kappa shape index (κ2) is 5.17. The van der Waals surface area contributed by atoms with Gasteiger partial charge in [-0.1, -0.05) is 6.07 Å². The topological polar surface area (TPSA) is 15.3 Å². The zero-order valence-electron chi connectivity index (χ0n) is 11.2. The van der Waals surface area contributed by atoms with Gasteiger partial charge in [0, 0.05) is 25.2 Å². The Labute approximate surface area is 112 Å². The van der Waals surface area contributed by atoms with Crippen molar-refractivity contribution < 1.29 is 8.78 Å². The number of halogens is 2. The fraction of sp³-hybridized carbons (Fsp3) is 0.600. The summed E-state index contributed by atoms with van der Waals surface area (Å²) in [5.74, 6) is -0.812. The first-order chi connectivity index (χ1) is 9.15. The van der Waals surface area contributed by atoms with Gasteiger partial charge in [-0.2, -0.15) is 0 Å². The van der Waals surface area contributed by atoms with Crippen molar-refractivity contribution in [2.45, 2.75) is 31.8 Å². The molecule has 0 aromatic heterocycles. The fourth-order valence-electron chi connectivity index (χ4n) is 3.38. The van der Waals surface area contributed by atoms with Crippen molar-refractivity contribution in [3.05, 3.63) is 35.4 Å². The van der Waals surface area contributed by atoms with Crippen LogP contribution in [0.15, 0.2) is 18.2 Å². The van der Waals surface area contributed by atoms with Crippen molar-refractivity contribution in [2.75, 3.05) is 19.6 Å². The Kier molecular flexibility index (Phi) is 3.54. The quantitative estimate of drug-likeness (QED) is 0.885. The summed E-state index contributed by atoms with van der Waals surface area (Å²) < 4.78 is 26.3. The highest BCUT2D eigenvalue weighted by atomic mass is 19.2. The molecular weight excluding hydrogens is 246 g/mol. The molecule has 0 saturated carbocycles. The SMILES string of the molecule is CC(c1ccc(F)c(F)c1)N1CC2CCCNC2C1. The van der Waals surface area contributed by atoms with E-state index in [1.54, 1.807) is 6.07 Å². The van der Waals surface area contributed by atoms with Crippen molar-refractivity contribution in [2.24, 2.45) is 5.92 Å². The third-order valence-corrected chi connectivity index (χ3v) is 4.60. The number of likely N-dealkylation sites (tertiary alicyclic amines) is 1. The summed E-state index contributed by atoms with van der Waals surface area (Å²) in [7, 11) is 0. The van der Waals surface area contributed by atoms with Gasteiger partial charge < -0.3 is 5.32 Å². The van der Waals surface area contributed by atoms with Crippen LogP contribution in [-0.4, -0.2) is 30.6 Å². The highest BCUT2D eigenvalue weighted by Gasteiger charge is 2.36. The van der Waals surface area contributed by atoms with Crippen LogP contribution >= 0.6 is 0 Å². The highest BCUT2D eigenvalue weighted by Crippen LogP contribution is 2.31. The van der Waals surface area contributed by atoms with Gasteiger partial charge in [-0.3, -0.25) is 4.90 Å². The number of nitrogens with one attached hydrogen (secondary N) is 1. The standard InChI is InChI=1S/C15H20F2N2/c1-10(11-4-5-13(16)14(17)7-11)19-8-12-3-2-6-18-15(12)9-19/h4-5,7,10,12,15,18H,2-3,6,8-9H2,1H3. The van der Waals surface area contributed by atoms with E-state index < -0.39 is 11.6 Å². The summed E-state index contributed by atoms with van der Waals surface area (Å²) in [6, 6.07) is 4.96. The first-order valence-corrected chi connectivity index (χ1v) is 7.07. The van der Waals surface area contributed by atoms with Crippen LogP contribution < -0.4 is 5.32 Å². The van der Waals surface area contributed by atoms with Crippen molar-refractivity contribution in [3.63, 3.8) is 0 Å². The number of piperidine rings is 1. The van der Waals surface area contributed by atoms with Gasteiger partial charge in [0.05, 0.1) is 0 Å². The molecule has 1 N–H and O–H groups in total. The predicted molar refractivity (Wildman–Crippen MR) is 70.9 cm³/mol. The van der Waals surface area contributed by atoms with Crippen LogP contribution in [0.4, 0.5) is 8.78 Å². The van der Waals surface area contributed by atoms with E-state index in [0.29, 0.717) is 12.0 Å². The van der Waals surface area contributed by atoms with Crippen LogP contribution in [0, 0.1) is 17.6 Å². The Morgan fingerprint density at radius 3 is 2.84 bits per heavy atom. The Morgan fingerprint density at radius 2 is 2.11 bits per heavy atom. The Balaban J connectivity index is 1.73. The van der Waals surface area contributed by atoms with Crippen molar-refractivity contribution in [1.29, 1.82) is 0 Å². The van der Waals surface area contributed by atoms with Crippen LogP contribution in [0.5, 0.6) is 0 Å². The van der Waals surface area contributed by atoms with E-state index in [2.05, 4.69) is 17.1 Å². The summed E-state index contributed by atoms with van der Waals surface area (Å²) in [5, 5.41) is 3.56. The molecule has 0 amide bonds. The number of rotatable bonds is 2. The lowest BCUT2D eigenvalue weighted by atomic mass is 9.94. The lowest BCUT2D eigenvalue weighted by Gasteiger charge is -2.25. The molecular formula is C15H20F2N2. The Morgan fingerprint density at radius 1 is 1.26 bits per heavy atom. The van der Waals surface area contributed by atoms with Gasteiger partial charge in [-0.25, -0.2) is 8.78 Å². The van der Waals surface area contributed by atoms with Crippen LogP contribution in [0.1, 0.15) is 31.4 Å². The molecule has 2 heterocycles. The summed E-state index contributed by atoms with van der Waals surface area (Å²) >= 11 is 0. The predicted octanol–water partition coefficient (Wildman–Crippen LogP) is 2.71. The third kappa shape index (κ3) is 2.51. The smallest absolute Gasteiger partial charge is 0.159 e. The van der Waals surface area contributed by atoms with Crippen LogP contribution in [0.25, 0.3) is 0 Å². The van der Waals surface area contributed by atoms with E-state index in [0.717, 1.165) is 25.2 Å². The minimum atomic E-state index is -0.771. The molecule has 0 bridgehead atoms. The minimum absolute atomic E-state index is 0.141. The van der Waals surface area contributed by atoms with Crippen LogP contribution in [0.2, 0.25) is 0 Å². The average Bonchev–Trinajstić information content (AvgIpc) is 2.85. The number of hydrogen-bond donors (Lipinski definition) is 1. The molecule has 104 valence electrons. The molecule has 2 aliphatic heterocycles. The van der Waals surface area contributed by atoms with Gasteiger partial charge in [0.15, 0.2) is 11.6 Å². The number of hydrogen-bond acceptors (Lipinski definition) is 2. The first kappa shape index (κ1) is 13.0. The van der Waals surface area contributed by atoms with Gasteiger partial charge in [0.2, 0.25) is 0 Å². The van der Waals surface area contributed by atoms with Crippen LogP contribution in [0.3, 0.4) is 0 Å². The fourth-order valence-corrected chi connectivity index (χ4v) is 3.38. The van der Waals surface area contributed by atoms with Gasteiger partial charge in [-0.15, -0.1) is 0 Å². The Bertz CT molecular complexity index is 449. The zero-order valence-corrected chi connectivity index (χ0v) is 11.2. The second-order valence-electron chi connectivity index (χ2n) is 5.77. The van der Waals surface area contributed by atoms with E-state index in [9.17, 15) is 8.78 Å². The molecule has 1 aromatic carbocycles. The maximum Gasteiger partial charge on any atom is 0.159 e. The molecule has 3 unspecified atom stereocenters. The largest absolute Gasteiger partial charge is 0.312 e. The molecule has 0 aliphatic carbocycles. The van der Waals surface area contributed by atoms with Gasteiger partial charge in [0.1, 0.15) is 0 Å². The molecule has 4 heteroatoms. The van der Waals surface area contributed by atoms with Crippen molar-refractivity contribution >= 4 is 0 Å². The first-order valence-electron chi connectivity index (χ1n) is 7.07. The molecule has 0 radical (unpaired) electrons. The molecule has 2 aliphatic rings. The molecule has 3 rings (SSSR count). The van der Waals surface area contributed by atoms with Crippen molar-refractivity contribution in [3.8, 4) is 0 Å². The molecule has 2 fully saturated rings.